The predicted octanol–water partition coefficient (Wildman–Crippen LogP) is 5.24. The van der Waals surface area contributed by atoms with Gasteiger partial charge in [-0.2, -0.15) is 13.2 Å². The van der Waals surface area contributed by atoms with E-state index in [1.54, 1.807) is 6.07 Å². The average molecular weight is 479 g/mol. The fraction of sp³-hybridized carbons (Fsp3) is 0.217. The van der Waals surface area contributed by atoms with Gasteiger partial charge in [-0.15, -0.1) is 11.8 Å². The highest BCUT2D eigenvalue weighted by atomic mass is 32.2. The number of hydrogen-bond donors (Lipinski definition) is 1. The van der Waals surface area contributed by atoms with Crippen LogP contribution in [-0.4, -0.2) is 37.3 Å². The summed E-state index contributed by atoms with van der Waals surface area (Å²) in [5, 5.41) is 0. The zero-order valence-corrected chi connectivity index (χ0v) is 18.6. The van der Waals surface area contributed by atoms with Gasteiger partial charge in [0, 0.05) is 53.2 Å². The number of carbonyl (C=O) groups is 1. The van der Waals surface area contributed by atoms with Crippen molar-refractivity contribution < 1.29 is 27.1 Å². The molecule has 33 heavy (non-hydrogen) atoms. The van der Waals surface area contributed by atoms with Crippen molar-refractivity contribution in [2.24, 2.45) is 5.73 Å². The molecule has 2 aromatic carbocycles. The van der Waals surface area contributed by atoms with Gasteiger partial charge in [-0.05, 0) is 36.4 Å². The smallest absolute Gasteiger partial charge is 0.416 e. The van der Waals surface area contributed by atoms with E-state index in [0.717, 1.165) is 23.9 Å². The standard InChI is InChI=1S/C23H21F4N3O2S/c1-30(20-13-29-7-5-18(20)19-4-3-16(24)12-21(19)32-2)22(31)14-9-15(23(25,26)27)11-17(10-14)33-8-6-28/h3-5,7,9-13H,6,8,28H2,1-2H3. The molecular weight excluding hydrogens is 458 g/mol. The highest BCUT2D eigenvalue weighted by Crippen LogP contribution is 2.38. The SMILES string of the molecule is COc1cc(F)ccc1-c1ccncc1N(C)C(=O)c1cc(SCCN)cc(C(F)(F)F)c1. The van der Waals surface area contributed by atoms with E-state index >= 15 is 0 Å². The molecule has 0 spiro atoms. The maximum atomic E-state index is 13.7. The van der Waals surface area contributed by atoms with Crippen molar-refractivity contribution in [3.05, 3.63) is 71.8 Å². The van der Waals surface area contributed by atoms with Crippen LogP contribution in [0.1, 0.15) is 15.9 Å². The van der Waals surface area contributed by atoms with Crippen LogP contribution in [0.2, 0.25) is 0 Å². The van der Waals surface area contributed by atoms with Crippen LogP contribution in [0.5, 0.6) is 5.75 Å². The maximum absolute atomic E-state index is 13.7. The van der Waals surface area contributed by atoms with Crippen LogP contribution < -0.4 is 15.4 Å². The minimum atomic E-state index is -4.62. The Hall–Kier alpha value is -3.11. The van der Waals surface area contributed by atoms with Gasteiger partial charge >= 0.3 is 6.18 Å². The lowest BCUT2D eigenvalue weighted by Crippen LogP contribution is -2.27. The summed E-state index contributed by atoms with van der Waals surface area (Å²) in [4.78, 5) is 18.8. The van der Waals surface area contributed by atoms with Gasteiger partial charge in [0.25, 0.3) is 5.91 Å². The van der Waals surface area contributed by atoms with Gasteiger partial charge in [-0.1, -0.05) is 0 Å². The first-order valence-electron chi connectivity index (χ1n) is 9.77. The first-order chi connectivity index (χ1) is 15.7. The Bertz CT molecular complexity index is 1150. The molecule has 0 aliphatic carbocycles. The highest BCUT2D eigenvalue weighted by molar-refractivity contribution is 7.99. The molecular formula is C23H21F4N3O2S. The molecule has 0 atom stereocenters. The van der Waals surface area contributed by atoms with Gasteiger partial charge in [0.2, 0.25) is 0 Å². The van der Waals surface area contributed by atoms with Crippen LogP contribution in [-0.2, 0) is 6.18 Å². The number of rotatable bonds is 7. The Kier molecular flexibility index (Phi) is 7.60. The molecule has 0 unspecified atom stereocenters. The lowest BCUT2D eigenvalue weighted by atomic mass is 10.0. The van der Waals surface area contributed by atoms with E-state index in [-0.39, 0.29) is 17.9 Å². The maximum Gasteiger partial charge on any atom is 0.416 e. The third-order valence-electron chi connectivity index (χ3n) is 4.79. The number of halogens is 4. The van der Waals surface area contributed by atoms with Crippen molar-refractivity contribution in [1.82, 2.24) is 4.98 Å². The van der Waals surface area contributed by atoms with E-state index in [0.29, 0.717) is 27.5 Å². The molecule has 0 saturated heterocycles. The molecule has 5 nitrogen and oxygen atoms in total. The van der Waals surface area contributed by atoms with Gasteiger partial charge < -0.3 is 15.4 Å². The number of benzene rings is 2. The lowest BCUT2D eigenvalue weighted by Gasteiger charge is -2.22. The fourth-order valence-corrected chi connectivity index (χ4v) is 3.99. The zero-order valence-electron chi connectivity index (χ0n) is 17.8. The van der Waals surface area contributed by atoms with E-state index in [1.807, 2.05) is 0 Å². The third kappa shape index (κ3) is 5.63. The minimum absolute atomic E-state index is 0.132. The topological polar surface area (TPSA) is 68.5 Å². The molecule has 0 radical (unpaired) electrons. The molecule has 1 amide bonds. The van der Waals surface area contributed by atoms with E-state index in [2.05, 4.69) is 4.98 Å². The summed E-state index contributed by atoms with van der Waals surface area (Å²) in [6, 6.07) is 8.78. The summed E-state index contributed by atoms with van der Waals surface area (Å²) in [6.07, 6.45) is -1.71. The number of nitrogens with two attached hydrogens (primary N) is 1. The number of pyridine rings is 1. The quantitative estimate of drug-likeness (QED) is 0.371. The molecule has 0 bridgehead atoms. The van der Waals surface area contributed by atoms with Crippen molar-refractivity contribution in [3.63, 3.8) is 0 Å². The van der Waals surface area contributed by atoms with Gasteiger partial charge in [0.15, 0.2) is 0 Å². The number of thioether (sulfide) groups is 1. The number of ether oxygens (including phenoxy) is 1. The number of alkyl halides is 3. The monoisotopic (exact) mass is 479 g/mol. The van der Waals surface area contributed by atoms with E-state index in [4.69, 9.17) is 10.5 Å². The second-order valence-corrected chi connectivity index (χ2v) is 8.15. The normalized spacial score (nSPS) is 11.4. The second-order valence-electron chi connectivity index (χ2n) is 6.98. The van der Waals surface area contributed by atoms with Gasteiger partial charge in [-0.25, -0.2) is 4.39 Å². The minimum Gasteiger partial charge on any atom is -0.496 e. The predicted molar refractivity (Wildman–Crippen MR) is 120 cm³/mol. The van der Waals surface area contributed by atoms with Crippen LogP contribution >= 0.6 is 11.8 Å². The molecule has 2 N–H and O–H groups in total. The number of amides is 1. The average Bonchev–Trinajstić information content (AvgIpc) is 2.81. The molecule has 1 heterocycles. The first kappa shape index (κ1) is 24.5. The van der Waals surface area contributed by atoms with Crippen LogP contribution in [0.25, 0.3) is 11.1 Å². The zero-order chi connectivity index (χ0) is 24.2. The van der Waals surface area contributed by atoms with Crippen molar-refractivity contribution in [1.29, 1.82) is 0 Å². The number of nitrogens with zero attached hydrogens (tertiary/aromatic N) is 2. The van der Waals surface area contributed by atoms with Crippen molar-refractivity contribution in [3.8, 4) is 16.9 Å². The van der Waals surface area contributed by atoms with Crippen LogP contribution in [0.4, 0.5) is 23.2 Å². The van der Waals surface area contributed by atoms with Crippen molar-refractivity contribution in [2.75, 3.05) is 31.4 Å². The largest absolute Gasteiger partial charge is 0.496 e. The molecule has 0 fully saturated rings. The summed E-state index contributed by atoms with van der Waals surface area (Å²) < 4.78 is 59.3. The van der Waals surface area contributed by atoms with Gasteiger partial charge in [-0.3, -0.25) is 9.78 Å². The fourth-order valence-electron chi connectivity index (χ4n) is 3.22. The number of hydrogen-bond acceptors (Lipinski definition) is 5. The summed E-state index contributed by atoms with van der Waals surface area (Å²) in [7, 11) is 2.82. The van der Waals surface area contributed by atoms with E-state index < -0.39 is 23.5 Å². The molecule has 3 rings (SSSR count). The molecule has 174 valence electrons. The third-order valence-corrected chi connectivity index (χ3v) is 5.80. The number of aromatic nitrogens is 1. The Balaban J connectivity index is 2.06. The molecule has 1 aromatic heterocycles. The lowest BCUT2D eigenvalue weighted by molar-refractivity contribution is -0.137. The van der Waals surface area contributed by atoms with Crippen molar-refractivity contribution in [2.45, 2.75) is 11.1 Å². The highest BCUT2D eigenvalue weighted by Gasteiger charge is 2.32. The molecule has 3 aromatic rings. The second kappa shape index (κ2) is 10.2. The Morgan fingerprint density at radius 1 is 1.15 bits per heavy atom. The summed E-state index contributed by atoms with van der Waals surface area (Å²) >= 11 is 1.14. The Morgan fingerprint density at radius 3 is 2.58 bits per heavy atom. The molecule has 10 heteroatoms. The summed E-state index contributed by atoms with van der Waals surface area (Å²) in [6.45, 7) is 0.280. The number of methoxy groups -OCH3 is 1. The molecule has 0 aliphatic rings. The van der Waals surface area contributed by atoms with Gasteiger partial charge in [0.05, 0.1) is 24.6 Å². The number of anilines is 1. The molecule has 0 aliphatic heterocycles. The molecule has 0 saturated carbocycles. The van der Waals surface area contributed by atoms with E-state index in [9.17, 15) is 22.4 Å². The van der Waals surface area contributed by atoms with Gasteiger partial charge in [0.1, 0.15) is 11.6 Å². The summed E-state index contributed by atoms with van der Waals surface area (Å²) in [5.74, 6) is -0.516. The number of carbonyl (C=O) groups excluding carboxylic acids is 1. The Labute approximate surface area is 192 Å². The summed E-state index contributed by atoms with van der Waals surface area (Å²) in [5.41, 5.74) is 5.74. The van der Waals surface area contributed by atoms with Crippen LogP contribution in [0.15, 0.2) is 59.8 Å². The van der Waals surface area contributed by atoms with Crippen LogP contribution in [0.3, 0.4) is 0 Å². The van der Waals surface area contributed by atoms with Crippen LogP contribution in [0, 0.1) is 5.82 Å². The van der Waals surface area contributed by atoms with E-state index in [1.165, 1.54) is 55.7 Å². The van der Waals surface area contributed by atoms with Crippen molar-refractivity contribution >= 4 is 23.4 Å². The Morgan fingerprint density at radius 2 is 1.91 bits per heavy atom. The first-order valence-corrected chi connectivity index (χ1v) is 10.8.